The van der Waals surface area contributed by atoms with E-state index < -0.39 is 0 Å². The van der Waals surface area contributed by atoms with Crippen molar-refractivity contribution in [3.8, 4) is 0 Å². The van der Waals surface area contributed by atoms with Crippen molar-refractivity contribution in [3.05, 3.63) is 77.9 Å². The van der Waals surface area contributed by atoms with Gasteiger partial charge in [-0.15, -0.1) is 0 Å². The number of aryl methyl sites for hydroxylation is 1. The molecule has 0 radical (unpaired) electrons. The standard InChI is InChI=1S/C37H53N7O2/c1-2-46-36(45)14-13-31-9-11-32(12-10-31)27-42(28-34-38-18-19-39-34)29-35-40-20-26-44(35)22-6-21-41-23-15-37(30-41)16-24-43(25-17-37)33-7-4-3-5-8-33/h9-14,18-20,26,33H,2-8,15-17,21-25,27-30H2,1H3,(H,38,39)/b14-13+. The average Bonchev–Trinajstić information content (AvgIpc) is 3.85. The van der Waals surface area contributed by atoms with Crippen LogP contribution in [-0.4, -0.2) is 85.6 Å². The Labute approximate surface area is 275 Å². The molecule has 0 atom stereocenters. The second-order valence-electron chi connectivity index (χ2n) is 13.8. The first-order chi connectivity index (χ1) is 22.6. The number of nitrogens with zero attached hydrogens (tertiary/aromatic N) is 6. The zero-order valence-corrected chi connectivity index (χ0v) is 27.8. The zero-order chi connectivity index (χ0) is 31.6. The fourth-order valence-electron chi connectivity index (χ4n) is 7.91. The van der Waals surface area contributed by atoms with E-state index in [1.165, 1.54) is 95.7 Å². The molecule has 0 amide bonds. The first-order valence-corrected chi connectivity index (χ1v) is 17.7. The molecule has 4 heterocycles. The van der Waals surface area contributed by atoms with Crippen LogP contribution >= 0.6 is 0 Å². The highest BCUT2D eigenvalue weighted by Gasteiger charge is 2.41. The van der Waals surface area contributed by atoms with Crippen molar-refractivity contribution in [2.45, 2.75) is 96.9 Å². The minimum absolute atomic E-state index is 0.318. The van der Waals surface area contributed by atoms with E-state index in [1.54, 1.807) is 6.08 Å². The lowest BCUT2D eigenvalue weighted by atomic mass is 9.77. The van der Waals surface area contributed by atoms with Gasteiger partial charge in [0, 0.05) is 56.5 Å². The summed E-state index contributed by atoms with van der Waals surface area (Å²) in [7, 11) is 0. The van der Waals surface area contributed by atoms with Gasteiger partial charge in [-0.2, -0.15) is 0 Å². The van der Waals surface area contributed by atoms with E-state index in [4.69, 9.17) is 9.72 Å². The van der Waals surface area contributed by atoms with Gasteiger partial charge >= 0.3 is 5.97 Å². The number of hydrogen-bond acceptors (Lipinski definition) is 7. The molecule has 0 unspecified atom stereocenters. The lowest BCUT2D eigenvalue weighted by Gasteiger charge is -2.44. The number of H-pyrrole nitrogens is 1. The summed E-state index contributed by atoms with van der Waals surface area (Å²) in [4.78, 5) is 32.2. The van der Waals surface area contributed by atoms with Gasteiger partial charge in [0.15, 0.2) is 0 Å². The van der Waals surface area contributed by atoms with Gasteiger partial charge in [0.25, 0.3) is 0 Å². The number of esters is 1. The van der Waals surface area contributed by atoms with Crippen LogP contribution in [0.4, 0.5) is 0 Å². The molecule has 46 heavy (non-hydrogen) atoms. The van der Waals surface area contributed by atoms with Crippen molar-refractivity contribution in [2.24, 2.45) is 5.41 Å². The largest absolute Gasteiger partial charge is 0.463 e. The third-order valence-electron chi connectivity index (χ3n) is 10.5. The fraction of sp³-hybridized carbons (Fsp3) is 0.595. The molecule has 1 aliphatic carbocycles. The summed E-state index contributed by atoms with van der Waals surface area (Å²) in [6.45, 7) is 11.7. The van der Waals surface area contributed by atoms with Crippen molar-refractivity contribution in [2.75, 3.05) is 39.3 Å². The Bertz CT molecular complexity index is 1370. The topological polar surface area (TPSA) is 82.5 Å². The number of piperidine rings is 1. The maximum Gasteiger partial charge on any atom is 0.330 e. The number of hydrogen-bond donors (Lipinski definition) is 1. The number of nitrogens with one attached hydrogen (secondary N) is 1. The first kappa shape index (κ1) is 32.7. The average molecular weight is 628 g/mol. The number of rotatable bonds is 14. The van der Waals surface area contributed by atoms with Crippen LogP contribution < -0.4 is 0 Å². The van der Waals surface area contributed by atoms with Gasteiger partial charge < -0.3 is 24.1 Å². The monoisotopic (exact) mass is 627 g/mol. The molecule has 1 saturated carbocycles. The number of benzene rings is 1. The van der Waals surface area contributed by atoms with Gasteiger partial charge in [0.05, 0.1) is 19.7 Å². The van der Waals surface area contributed by atoms with Crippen LogP contribution in [0.2, 0.25) is 0 Å². The summed E-state index contributed by atoms with van der Waals surface area (Å²) in [6, 6.07) is 9.19. The Kier molecular flexibility index (Phi) is 11.4. The zero-order valence-electron chi connectivity index (χ0n) is 27.8. The van der Waals surface area contributed by atoms with E-state index in [9.17, 15) is 4.79 Å². The molecule has 9 heteroatoms. The predicted molar refractivity (Wildman–Crippen MR) is 182 cm³/mol. The predicted octanol–water partition coefficient (Wildman–Crippen LogP) is 5.90. The molecule has 2 aliphatic heterocycles. The third-order valence-corrected chi connectivity index (χ3v) is 10.5. The Balaban J connectivity index is 0.992. The highest BCUT2D eigenvalue weighted by atomic mass is 16.5. The maximum absolute atomic E-state index is 11.7. The molecule has 1 aromatic carbocycles. The summed E-state index contributed by atoms with van der Waals surface area (Å²) >= 11 is 0. The highest BCUT2D eigenvalue weighted by molar-refractivity contribution is 5.87. The molecule has 2 saturated heterocycles. The molecule has 0 bridgehead atoms. The quantitative estimate of drug-likeness (QED) is 0.176. The minimum Gasteiger partial charge on any atom is -0.463 e. The van der Waals surface area contributed by atoms with E-state index in [0.29, 0.717) is 18.6 Å². The minimum atomic E-state index is -0.318. The molecule has 1 N–H and O–H groups in total. The van der Waals surface area contributed by atoms with Crippen LogP contribution in [0.3, 0.4) is 0 Å². The molecule has 9 nitrogen and oxygen atoms in total. The molecule has 3 aliphatic rings. The van der Waals surface area contributed by atoms with Crippen LogP contribution in [0, 0.1) is 5.41 Å². The van der Waals surface area contributed by atoms with Crippen molar-refractivity contribution in [1.29, 1.82) is 0 Å². The fourth-order valence-corrected chi connectivity index (χ4v) is 7.91. The molecule has 2 aromatic heterocycles. The van der Waals surface area contributed by atoms with Crippen molar-refractivity contribution < 1.29 is 9.53 Å². The van der Waals surface area contributed by atoms with Crippen LogP contribution in [0.5, 0.6) is 0 Å². The van der Waals surface area contributed by atoms with E-state index in [1.807, 2.05) is 37.6 Å². The summed E-state index contributed by atoms with van der Waals surface area (Å²) in [6.07, 6.45) is 23.5. The third kappa shape index (κ3) is 8.96. The summed E-state index contributed by atoms with van der Waals surface area (Å²) in [5, 5.41) is 0. The number of aromatic nitrogens is 4. The normalized spacial score (nSPS) is 19.5. The second kappa shape index (κ2) is 16.0. The van der Waals surface area contributed by atoms with Crippen molar-refractivity contribution >= 4 is 12.0 Å². The van der Waals surface area contributed by atoms with E-state index in [-0.39, 0.29) is 5.97 Å². The van der Waals surface area contributed by atoms with Gasteiger partial charge in [0.2, 0.25) is 0 Å². The Morgan fingerprint density at radius 3 is 2.57 bits per heavy atom. The van der Waals surface area contributed by atoms with E-state index in [2.05, 4.69) is 47.6 Å². The number of carbonyl (C=O) groups is 1. The first-order valence-electron chi connectivity index (χ1n) is 17.7. The van der Waals surface area contributed by atoms with Crippen molar-refractivity contribution in [3.63, 3.8) is 0 Å². The lowest BCUT2D eigenvalue weighted by Crippen LogP contribution is -2.46. The number of likely N-dealkylation sites (tertiary alicyclic amines) is 2. The second-order valence-corrected chi connectivity index (χ2v) is 13.8. The summed E-state index contributed by atoms with van der Waals surface area (Å²) in [5.74, 6) is 1.72. The Morgan fingerprint density at radius 1 is 1.00 bits per heavy atom. The smallest absolute Gasteiger partial charge is 0.330 e. The van der Waals surface area contributed by atoms with E-state index in [0.717, 1.165) is 49.3 Å². The lowest BCUT2D eigenvalue weighted by molar-refractivity contribution is -0.137. The molecular formula is C37H53N7O2. The summed E-state index contributed by atoms with van der Waals surface area (Å²) in [5.41, 5.74) is 2.73. The van der Waals surface area contributed by atoms with Crippen LogP contribution in [0.1, 0.15) is 87.5 Å². The molecule has 3 fully saturated rings. The molecule has 1 spiro atoms. The van der Waals surface area contributed by atoms with Gasteiger partial charge in [0.1, 0.15) is 11.6 Å². The van der Waals surface area contributed by atoms with Gasteiger partial charge in [-0.3, -0.25) is 4.90 Å². The Morgan fingerprint density at radius 2 is 1.80 bits per heavy atom. The van der Waals surface area contributed by atoms with Gasteiger partial charge in [-0.25, -0.2) is 14.8 Å². The van der Waals surface area contributed by atoms with Crippen LogP contribution in [0.15, 0.2) is 55.1 Å². The van der Waals surface area contributed by atoms with Crippen LogP contribution in [-0.2, 0) is 35.7 Å². The summed E-state index contributed by atoms with van der Waals surface area (Å²) < 4.78 is 7.33. The molecular weight excluding hydrogens is 574 g/mol. The number of aromatic amines is 1. The van der Waals surface area contributed by atoms with Crippen molar-refractivity contribution in [1.82, 2.24) is 34.2 Å². The molecule has 6 rings (SSSR count). The number of carbonyl (C=O) groups excluding carboxylic acids is 1. The number of ether oxygens (including phenoxy) is 1. The van der Waals surface area contributed by atoms with Gasteiger partial charge in [-0.05, 0) is 94.2 Å². The molecule has 248 valence electrons. The van der Waals surface area contributed by atoms with Gasteiger partial charge in [-0.1, -0.05) is 43.5 Å². The maximum atomic E-state index is 11.7. The Hall–Kier alpha value is -3.27. The van der Waals surface area contributed by atoms with Crippen LogP contribution in [0.25, 0.3) is 6.08 Å². The van der Waals surface area contributed by atoms with E-state index >= 15 is 0 Å². The SMILES string of the molecule is CCOC(=O)/C=C/c1ccc(CN(Cc2ncc[nH]2)Cc2nccn2CCCN2CCC3(CCN(C4CCCCC4)CC3)C2)cc1. The number of imidazole rings is 2. The molecule has 3 aromatic rings. The highest BCUT2D eigenvalue weighted by Crippen LogP contribution is 2.41.